The molecule has 2 N–H and O–H groups in total. The molecule has 2 aliphatic rings. The quantitative estimate of drug-likeness (QED) is 0.0937. The number of nitrogens with zero attached hydrogens (tertiary/aromatic N) is 4. The highest BCUT2D eigenvalue weighted by atomic mass is 33.1. The van der Waals surface area contributed by atoms with Gasteiger partial charge in [0.2, 0.25) is 0 Å². The fourth-order valence-electron chi connectivity index (χ4n) is 5.26. The van der Waals surface area contributed by atoms with Crippen LogP contribution >= 0.6 is 21.6 Å². The lowest BCUT2D eigenvalue weighted by Gasteiger charge is -2.24. The summed E-state index contributed by atoms with van der Waals surface area (Å²) < 4.78 is 13.1. The second kappa shape index (κ2) is 12.0. The van der Waals surface area contributed by atoms with Crippen LogP contribution in [0, 0.1) is 0 Å². The molecule has 1 aromatic carbocycles. The number of nitrogens with two attached hydrogens (primary N) is 1. The van der Waals surface area contributed by atoms with Crippen LogP contribution in [0.2, 0.25) is 0 Å². The lowest BCUT2D eigenvalue weighted by molar-refractivity contribution is -0.148. The number of carbonyl (C=O) groups excluding carboxylic acids is 1. The Kier molecular flexibility index (Phi) is 8.58. The molecule has 4 heterocycles. The largest absolute Gasteiger partial charge is 0.460 e. The number of aryl methyl sites for hydroxylation is 1. The zero-order valence-corrected chi connectivity index (χ0v) is 25.5. The van der Waals surface area contributed by atoms with Crippen molar-refractivity contribution in [2.45, 2.75) is 64.4 Å². The Hall–Kier alpha value is -3.15. The molecule has 0 amide bonds. The third-order valence-corrected chi connectivity index (χ3v) is 10.8. The van der Waals surface area contributed by atoms with E-state index in [1.165, 1.54) is 0 Å². The number of benzene rings is 1. The lowest BCUT2D eigenvalue weighted by Crippen LogP contribution is -2.32. The highest BCUT2D eigenvalue weighted by Crippen LogP contribution is 2.39. The zero-order chi connectivity index (χ0) is 29.3. The van der Waals surface area contributed by atoms with Gasteiger partial charge in [0.1, 0.15) is 12.4 Å². The Bertz CT molecular complexity index is 1610. The van der Waals surface area contributed by atoms with E-state index in [4.69, 9.17) is 20.2 Å². The minimum atomic E-state index is -0.434. The molecule has 0 spiro atoms. The monoisotopic (exact) mass is 593 g/mol. The number of esters is 1. The maximum Gasteiger partial charge on any atom is 0.316 e. The van der Waals surface area contributed by atoms with Crippen molar-refractivity contribution in [3.63, 3.8) is 0 Å². The van der Waals surface area contributed by atoms with Gasteiger partial charge in [-0.2, -0.15) is 0 Å². The van der Waals surface area contributed by atoms with Crippen LogP contribution in [-0.2, 0) is 29.1 Å². The van der Waals surface area contributed by atoms with E-state index in [1.807, 2.05) is 31.2 Å². The number of rotatable bonds is 9. The average Bonchev–Trinajstić information content (AvgIpc) is 3.33. The van der Waals surface area contributed by atoms with Gasteiger partial charge in [-0.25, -0.2) is 15.0 Å². The summed E-state index contributed by atoms with van der Waals surface area (Å²) >= 11 is 0. The standard InChI is InChI=1S/C30H35N5O4S2/c1-6-18-21-12-17(39-29(32-5)33-10-11-40-41-30(3,4)16-31)8-9-24(21)34-26-22(18)14-35-25(26)13-20-19(7-2)28(37)38-15-23(20)27(35)36/h8-9,12-13,19H,5-7,10-11,14-16,31H2,1-4H3. The molecule has 0 saturated carbocycles. The Morgan fingerprint density at radius 1 is 1.27 bits per heavy atom. The number of pyridine rings is 2. The van der Waals surface area contributed by atoms with Crippen LogP contribution in [-0.4, -0.2) is 51.8 Å². The molecular weight excluding hydrogens is 558 g/mol. The lowest BCUT2D eigenvalue weighted by atomic mass is 9.90. The fourth-order valence-corrected chi connectivity index (χ4v) is 7.53. The van der Waals surface area contributed by atoms with E-state index in [0.717, 1.165) is 51.2 Å². The van der Waals surface area contributed by atoms with Gasteiger partial charge in [-0.3, -0.25) is 9.59 Å². The van der Waals surface area contributed by atoms with Gasteiger partial charge < -0.3 is 19.8 Å². The van der Waals surface area contributed by atoms with Gasteiger partial charge in [-0.15, -0.1) is 0 Å². The Labute approximate surface area is 247 Å². The van der Waals surface area contributed by atoms with Crippen molar-refractivity contribution >= 4 is 51.2 Å². The van der Waals surface area contributed by atoms with Crippen LogP contribution in [0.3, 0.4) is 0 Å². The molecule has 11 heteroatoms. The highest BCUT2D eigenvalue weighted by molar-refractivity contribution is 8.77. The predicted molar refractivity (Wildman–Crippen MR) is 168 cm³/mol. The first-order chi connectivity index (χ1) is 19.7. The third kappa shape index (κ3) is 5.67. The van der Waals surface area contributed by atoms with E-state index in [0.29, 0.717) is 37.4 Å². The summed E-state index contributed by atoms with van der Waals surface area (Å²) in [5.41, 5.74) is 11.5. The summed E-state index contributed by atoms with van der Waals surface area (Å²) in [7, 11) is 3.47. The van der Waals surface area contributed by atoms with Crippen LogP contribution in [0.15, 0.2) is 39.0 Å². The molecule has 2 aromatic heterocycles. The van der Waals surface area contributed by atoms with E-state index in [2.05, 4.69) is 37.5 Å². The SMILES string of the molecule is C=NC(=NCCSSC(C)(C)CN)Oc1ccc2nc3c(c(CC)c2c1)Cn1c-3cc2c(c1=O)COC(=O)C2CC. The minimum Gasteiger partial charge on any atom is -0.460 e. The molecule has 1 atom stereocenters. The van der Waals surface area contributed by atoms with Gasteiger partial charge in [0.25, 0.3) is 5.56 Å². The first-order valence-corrected chi connectivity index (χ1v) is 16.1. The van der Waals surface area contributed by atoms with Crippen LogP contribution in [0.4, 0.5) is 0 Å². The van der Waals surface area contributed by atoms with Crippen molar-refractivity contribution in [2.75, 3.05) is 18.8 Å². The molecule has 9 nitrogen and oxygen atoms in total. The summed E-state index contributed by atoms with van der Waals surface area (Å²) in [6.07, 6.45) is 1.33. The summed E-state index contributed by atoms with van der Waals surface area (Å²) in [4.78, 5) is 39.4. The number of hydrogen-bond donors (Lipinski definition) is 1. The number of carbonyl (C=O) groups is 1. The first-order valence-electron chi connectivity index (χ1n) is 13.8. The van der Waals surface area contributed by atoms with E-state index < -0.39 is 5.92 Å². The number of amidine groups is 1. The van der Waals surface area contributed by atoms with Crippen molar-refractivity contribution < 1.29 is 14.3 Å². The first kappa shape index (κ1) is 29.3. The third-order valence-electron chi connectivity index (χ3n) is 7.49. The van der Waals surface area contributed by atoms with Crippen molar-refractivity contribution in [3.05, 3.63) is 56.9 Å². The molecule has 216 valence electrons. The molecule has 41 heavy (non-hydrogen) atoms. The van der Waals surface area contributed by atoms with Crippen LogP contribution in [0.5, 0.6) is 5.75 Å². The molecule has 1 unspecified atom stereocenters. The Morgan fingerprint density at radius 2 is 2.07 bits per heavy atom. The summed E-state index contributed by atoms with van der Waals surface area (Å²) in [5.74, 6) is 0.681. The maximum atomic E-state index is 13.5. The molecular formula is C30H35N5O4S2. The fraction of sp³-hybridized carbons (Fsp3) is 0.433. The molecule has 0 aliphatic carbocycles. The van der Waals surface area contributed by atoms with Gasteiger partial charge in [0.05, 0.1) is 41.5 Å². The van der Waals surface area contributed by atoms with E-state index in [9.17, 15) is 9.59 Å². The van der Waals surface area contributed by atoms with E-state index in [-0.39, 0.29) is 28.9 Å². The van der Waals surface area contributed by atoms with E-state index in [1.54, 1.807) is 26.2 Å². The zero-order valence-electron chi connectivity index (χ0n) is 23.9. The molecule has 0 bridgehead atoms. The second-order valence-electron chi connectivity index (χ2n) is 10.7. The van der Waals surface area contributed by atoms with Crippen molar-refractivity contribution in [1.82, 2.24) is 9.55 Å². The van der Waals surface area contributed by atoms with Crippen LogP contribution < -0.4 is 16.0 Å². The normalized spacial score (nSPS) is 16.3. The van der Waals surface area contributed by atoms with Crippen LogP contribution in [0.25, 0.3) is 22.3 Å². The minimum absolute atomic E-state index is 0.0145. The van der Waals surface area contributed by atoms with Crippen molar-refractivity contribution in [1.29, 1.82) is 0 Å². The molecule has 3 aromatic rings. The van der Waals surface area contributed by atoms with E-state index >= 15 is 0 Å². The van der Waals surface area contributed by atoms with Gasteiger partial charge in [-0.1, -0.05) is 35.4 Å². The molecule has 5 rings (SSSR count). The smallest absolute Gasteiger partial charge is 0.316 e. The number of aliphatic imine (C=N–C) groups is 2. The molecule has 2 aliphatic heterocycles. The summed E-state index contributed by atoms with van der Waals surface area (Å²) in [6.45, 7) is 13.5. The number of fused-ring (bicyclic) bond motifs is 5. The van der Waals surface area contributed by atoms with Gasteiger partial charge >= 0.3 is 12.0 Å². The maximum absolute atomic E-state index is 13.5. The predicted octanol–water partition coefficient (Wildman–Crippen LogP) is 5.09. The Balaban J connectivity index is 1.44. The van der Waals surface area contributed by atoms with Crippen LogP contribution in [0.1, 0.15) is 62.3 Å². The summed E-state index contributed by atoms with van der Waals surface area (Å²) in [6, 6.07) is 7.89. The topological polar surface area (TPSA) is 121 Å². The molecule has 0 radical (unpaired) electrons. The number of aromatic nitrogens is 2. The second-order valence-corrected chi connectivity index (χ2v) is 13.8. The molecule has 0 fully saturated rings. The molecule has 0 saturated heterocycles. The van der Waals surface area contributed by atoms with Gasteiger partial charge in [0, 0.05) is 28.0 Å². The highest BCUT2D eigenvalue weighted by Gasteiger charge is 2.34. The van der Waals surface area contributed by atoms with Crippen molar-refractivity contribution in [2.24, 2.45) is 15.7 Å². The number of ether oxygens (including phenoxy) is 2. The number of hydrogen-bond acceptors (Lipinski definition) is 9. The average molecular weight is 594 g/mol. The summed E-state index contributed by atoms with van der Waals surface area (Å²) in [5, 5.41) is 0.957. The van der Waals surface area contributed by atoms with Crippen molar-refractivity contribution in [3.8, 4) is 17.1 Å². The van der Waals surface area contributed by atoms with Gasteiger partial charge in [-0.05, 0) is 68.8 Å². The number of cyclic esters (lactones) is 1. The van der Waals surface area contributed by atoms with Gasteiger partial charge in [0.15, 0.2) is 0 Å². The Morgan fingerprint density at radius 3 is 2.78 bits per heavy atom.